The topological polar surface area (TPSA) is 102 Å². The number of anilines is 1. The van der Waals surface area contributed by atoms with E-state index < -0.39 is 15.9 Å². The molecule has 0 saturated heterocycles. The number of sulfonamides is 1. The molecule has 1 N–H and O–H groups in total. The summed E-state index contributed by atoms with van der Waals surface area (Å²) in [6, 6.07) is 26.8. The zero-order valence-electron chi connectivity index (χ0n) is 23.8. The van der Waals surface area contributed by atoms with Crippen molar-refractivity contribution in [2.24, 2.45) is 0 Å². The van der Waals surface area contributed by atoms with Crippen LogP contribution in [0.5, 0.6) is 11.5 Å². The van der Waals surface area contributed by atoms with E-state index in [4.69, 9.17) is 9.47 Å². The van der Waals surface area contributed by atoms with E-state index in [9.17, 15) is 18.0 Å². The van der Waals surface area contributed by atoms with Gasteiger partial charge in [-0.05, 0) is 54.4 Å². The zero-order valence-corrected chi connectivity index (χ0v) is 24.6. The van der Waals surface area contributed by atoms with E-state index in [1.54, 1.807) is 41.3 Å². The standard InChI is InChI=1S/C34H30N2O6S/c1-3-41-32-27-11-7-8-12-28(27)33(42-4-2)31-29(32)21-36(34(31)38)25-16-13-22(14-17-25)19-30(37)35-43(39,40)26-18-15-23-9-5-6-10-24(23)20-26/h5-18,20H,3-4,19,21H2,1-2H3,(H,35,37). The molecule has 5 aromatic rings. The van der Waals surface area contributed by atoms with Crippen molar-refractivity contribution in [2.75, 3.05) is 18.1 Å². The fourth-order valence-electron chi connectivity index (χ4n) is 5.54. The van der Waals surface area contributed by atoms with Crippen LogP contribution < -0.4 is 19.1 Å². The number of fused-ring (bicyclic) bond motifs is 3. The summed E-state index contributed by atoms with van der Waals surface area (Å²) in [5.74, 6) is 0.371. The predicted octanol–water partition coefficient (Wildman–Crippen LogP) is 6.00. The number of carbonyl (C=O) groups excluding carboxylic acids is 2. The normalized spacial score (nSPS) is 12.9. The Kier molecular flexibility index (Phi) is 7.50. The molecule has 2 amide bonds. The summed E-state index contributed by atoms with van der Waals surface area (Å²) >= 11 is 0. The van der Waals surface area contributed by atoms with Gasteiger partial charge in [0.05, 0.1) is 36.6 Å². The summed E-state index contributed by atoms with van der Waals surface area (Å²) in [5, 5.41) is 3.38. The number of ether oxygens (including phenoxy) is 2. The number of benzene rings is 5. The molecule has 218 valence electrons. The second-order valence-electron chi connectivity index (χ2n) is 10.2. The van der Waals surface area contributed by atoms with E-state index >= 15 is 0 Å². The van der Waals surface area contributed by atoms with E-state index in [-0.39, 0.29) is 17.2 Å². The molecule has 1 heterocycles. The first kappa shape index (κ1) is 28.2. The molecule has 1 aliphatic heterocycles. The lowest BCUT2D eigenvalue weighted by Crippen LogP contribution is -2.31. The Hall–Kier alpha value is -4.89. The van der Waals surface area contributed by atoms with Crippen molar-refractivity contribution in [2.45, 2.75) is 31.7 Å². The van der Waals surface area contributed by atoms with Crippen LogP contribution in [0.1, 0.15) is 35.3 Å². The van der Waals surface area contributed by atoms with Crippen LogP contribution in [0.3, 0.4) is 0 Å². The molecule has 0 atom stereocenters. The lowest BCUT2D eigenvalue weighted by Gasteiger charge is -2.16. The van der Waals surface area contributed by atoms with Gasteiger partial charge in [0.1, 0.15) is 11.5 Å². The minimum Gasteiger partial charge on any atom is -0.493 e. The second-order valence-corrected chi connectivity index (χ2v) is 11.9. The maximum absolute atomic E-state index is 13.8. The van der Waals surface area contributed by atoms with Gasteiger partial charge in [-0.25, -0.2) is 13.1 Å². The van der Waals surface area contributed by atoms with Crippen molar-refractivity contribution in [1.29, 1.82) is 0 Å². The highest BCUT2D eigenvalue weighted by Crippen LogP contribution is 2.46. The van der Waals surface area contributed by atoms with Gasteiger partial charge in [0.15, 0.2) is 0 Å². The first-order valence-electron chi connectivity index (χ1n) is 14.1. The van der Waals surface area contributed by atoms with Crippen molar-refractivity contribution >= 4 is 49.1 Å². The summed E-state index contributed by atoms with van der Waals surface area (Å²) in [4.78, 5) is 28.2. The molecule has 1 aliphatic rings. The minimum absolute atomic E-state index is 0.0208. The molecule has 0 aromatic heterocycles. The van der Waals surface area contributed by atoms with Crippen molar-refractivity contribution < 1.29 is 27.5 Å². The zero-order chi connectivity index (χ0) is 30.1. The van der Waals surface area contributed by atoms with Gasteiger partial charge >= 0.3 is 0 Å². The summed E-state index contributed by atoms with van der Waals surface area (Å²) in [6.45, 7) is 4.96. The number of nitrogens with zero attached hydrogens (tertiary/aromatic N) is 1. The molecule has 0 fully saturated rings. The fraction of sp³-hybridized carbons (Fsp3) is 0.176. The van der Waals surface area contributed by atoms with Gasteiger partial charge < -0.3 is 14.4 Å². The summed E-state index contributed by atoms with van der Waals surface area (Å²) < 4.78 is 40.0. The molecule has 0 spiro atoms. The van der Waals surface area contributed by atoms with Gasteiger partial charge in [0.25, 0.3) is 15.9 Å². The van der Waals surface area contributed by atoms with E-state index in [2.05, 4.69) is 4.72 Å². The van der Waals surface area contributed by atoms with Gasteiger partial charge in [-0.15, -0.1) is 0 Å². The van der Waals surface area contributed by atoms with Crippen molar-refractivity contribution in [1.82, 2.24) is 4.72 Å². The highest BCUT2D eigenvalue weighted by atomic mass is 32.2. The number of hydrogen-bond acceptors (Lipinski definition) is 6. The van der Waals surface area contributed by atoms with Gasteiger partial charge in [-0.3, -0.25) is 9.59 Å². The summed E-state index contributed by atoms with van der Waals surface area (Å²) in [6.07, 6.45) is -0.143. The van der Waals surface area contributed by atoms with E-state index in [1.165, 1.54) is 6.07 Å². The van der Waals surface area contributed by atoms with E-state index in [0.29, 0.717) is 48.1 Å². The lowest BCUT2D eigenvalue weighted by atomic mass is 9.99. The third-order valence-electron chi connectivity index (χ3n) is 7.46. The van der Waals surface area contributed by atoms with Crippen LogP contribution in [-0.2, 0) is 27.8 Å². The smallest absolute Gasteiger partial charge is 0.264 e. The quantitative estimate of drug-likeness (QED) is 0.225. The molecular formula is C34H30N2O6S. The van der Waals surface area contributed by atoms with Gasteiger partial charge in [-0.1, -0.05) is 66.7 Å². The first-order chi connectivity index (χ1) is 20.8. The SMILES string of the molecule is CCOc1c2c(c(OCC)c3ccccc13)C(=O)N(c1ccc(CC(=O)NS(=O)(=O)c3ccc4ccccc4c3)cc1)C2. The van der Waals surface area contributed by atoms with Crippen LogP contribution in [0.15, 0.2) is 95.9 Å². The van der Waals surface area contributed by atoms with Crippen LogP contribution >= 0.6 is 0 Å². The molecule has 5 aromatic carbocycles. The van der Waals surface area contributed by atoms with Crippen LogP contribution in [0, 0.1) is 0 Å². The van der Waals surface area contributed by atoms with Crippen LogP contribution in [0.25, 0.3) is 21.5 Å². The highest BCUT2D eigenvalue weighted by molar-refractivity contribution is 7.90. The van der Waals surface area contributed by atoms with Crippen molar-refractivity contribution in [3.63, 3.8) is 0 Å². The third-order valence-corrected chi connectivity index (χ3v) is 8.83. The molecule has 9 heteroatoms. The second kappa shape index (κ2) is 11.4. The van der Waals surface area contributed by atoms with Gasteiger partial charge in [-0.2, -0.15) is 0 Å². The molecule has 0 unspecified atom stereocenters. The molecular weight excluding hydrogens is 564 g/mol. The number of amides is 2. The minimum atomic E-state index is -4.04. The Balaban J connectivity index is 1.22. The lowest BCUT2D eigenvalue weighted by molar-refractivity contribution is -0.118. The average Bonchev–Trinajstić information content (AvgIpc) is 3.35. The predicted molar refractivity (Wildman–Crippen MR) is 166 cm³/mol. The Morgan fingerprint density at radius 1 is 0.814 bits per heavy atom. The Bertz CT molecular complexity index is 1990. The number of nitrogens with one attached hydrogen (secondary N) is 1. The van der Waals surface area contributed by atoms with Crippen LogP contribution in [-0.4, -0.2) is 33.4 Å². The average molecular weight is 595 g/mol. The van der Waals surface area contributed by atoms with E-state index in [1.807, 2.05) is 62.4 Å². The molecule has 0 saturated carbocycles. The maximum Gasteiger partial charge on any atom is 0.264 e. The molecule has 0 aliphatic carbocycles. The Morgan fingerprint density at radius 2 is 1.44 bits per heavy atom. The van der Waals surface area contributed by atoms with Crippen LogP contribution in [0.2, 0.25) is 0 Å². The number of rotatable bonds is 9. The first-order valence-corrected chi connectivity index (χ1v) is 15.6. The monoisotopic (exact) mass is 594 g/mol. The Labute approximate surface area is 249 Å². The molecule has 0 radical (unpaired) electrons. The van der Waals surface area contributed by atoms with Gasteiger partial charge in [0.2, 0.25) is 5.91 Å². The number of hydrogen-bond donors (Lipinski definition) is 1. The molecule has 0 bridgehead atoms. The third kappa shape index (κ3) is 5.28. The van der Waals surface area contributed by atoms with Gasteiger partial charge in [0, 0.05) is 22.0 Å². The van der Waals surface area contributed by atoms with E-state index in [0.717, 1.165) is 27.1 Å². The summed E-state index contributed by atoms with van der Waals surface area (Å²) in [5.41, 5.74) is 2.51. The molecule has 43 heavy (non-hydrogen) atoms. The molecule has 6 rings (SSSR count). The largest absolute Gasteiger partial charge is 0.493 e. The Morgan fingerprint density at radius 3 is 2.14 bits per heavy atom. The fourth-order valence-corrected chi connectivity index (χ4v) is 6.56. The van der Waals surface area contributed by atoms with Crippen molar-refractivity contribution in [3.05, 3.63) is 108 Å². The molecule has 8 nitrogen and oxygen atoms in total. The van der Waals surface area contributed by atoms with Crippen LogP contribution in [0.4, 0.5) is 5.69 Å². The highest BCUT2D eigenvalue weighted by Gasteiger charge is 2.36. The maximum atomic E-state index is 13.8. The number of carbonyl (C=O) groups is 2. The summed E-state index contributed by atoms with van der Waals surface area (Å²) in [7, 11) is -4.04. The van der Waals surface area contributed by atoms with Crippen molar-refractivity contribution in [3.8, 4) is 11.5 Å².